The SMILES string of the molecule is COC1C(OC(=O)NCCNC(C)=O)CC[C@]2(CO2)C1C(C)(C)OCC=C(C)C. The third-order valence-corrected chi connectivity index (χ3v) is 5.62. The maximum Gasteiger partial charge on any atom is 0.407 e. The van der Waals surface area contributed by atoms with Crippen LogP contribution in [0.5, 0.6) is 0 Å². The van der Waals surface area contributed by atoms with E-state index in [2.05, 4.69) is 10.6 Å². The second kappa shape index (κ2) is 9.91. The Morgan fingerprint density at radius 3 is 2.41 bits per heavy atom. The molecule has 1 spiro atoms. The van der Waals surface area contributed by atoms with Crippen LogP contribution in [0, 0.1) is 5.92 Å². The van der Waals surface area contributed by atoms with E-state index in [1.165, 1.54) is 12.5 Å². The number of methoxy groups -OCH3 is 1. The number of hydrogen-bond acceptors (Lipinski definition) is 6. The lowest BCUT2D eigenvalue weighted by atomic mass is 9.68. The van der Waals surface area contributed by atoms with Crippen molar-refractivity contribution in [3.8, 4) is 0 Å². The quantitative estimate of drug-likeness (QED) is 0.342. The molecular weight excluding hydrogens is 376 g/mol. The number of ether oxygens (including phenoxy) is 4. The number of amides is 2. The topological polar surface area (TPSA) is 98.4 Å². The number of epoxide rings is 1. The van der Waals surface area contributed by atoms with E-state index in [1.807, 2.05) is 33.8 Å². The third-order valence-electron chi connectivity index (χ3n) is 5.62. The van der Waals surface area contributed by atoms with Crippen LogP contribution in [0.15, 0.2) is 11.6 Å². The highest BCUT2D eigenvalue weighted by atomic mass is 16.6. The van der Waals surface area contributed by atoms with Crippen LogP contribution >= 0.6 is 0 Å². The zero-order valence-electron chi connectivity index (χ0n) is 18.5. The fraction of sp³-hybridized carbons (Fsp3) is 0.810. The van der Waals surface area contributed by atoms with E-state index in [-0.39, 0.29) is 23.5 Å². The van der Waals surface area contributed by atoms with Crippen molar-refractivity contribution in [3.63, 3.8) is 0 Å². The summed E-state index contributed by atoms with van der Waals surface area (Å²) in [6.45, 7) is 11.4. The first kappa shape index (κ1) is 23.6. The van der Waals surface area contributed by atoms with Gasteiger partial charge in [0.15, 0.2) is 0 Å². The van der Waals surface area contributed by atoms with Crippen molar-refractivity contribution in [1.82, 2.24) is 10.6 Å². The van der Waals surface area contributed by atoms with E-state index < -0.39 is 17.8 Å². The number of hydrogen-bond donors (Lipinski definition) is 2. The Hall–Kier alpha value is -1.64. The molecule has 1 aliphatic heterocycles. The van der Waals surface area contributed by atoms with Gasteiger partial charge in [-0.25, -0.2) is 4.79 Å². The number of alkyl carbamates (subject to hydrolysis) is 1. The highest BCUT2D eigenvalue weighted by molar-refractivity contribution is 5.73. The molecule has 2 N–H and O–H groups in total. The van der Waals surface area contributed by atoms with Gasteiger partial charge < -0.3 is 29.6 Å². The van der Waals surface area contributed by atoms with Crippen molar-refractivity contribution in [2.75, 3.05) is 33.4 Å². The average Bonchev–Trinajstić information content (AvgIpc) is 3.39. The molecule has 1 saturated carbocycles. The van der Waals surface area contributed by atoms with Crippen molar-refractivity contribution in [2.24, 2.45) is 5.92 Å². The second-order valence-electron chi connectivity index (χ2n) is 8.62. The lowest BCUT2D eigenvalue weighted by Gasteiger charge is -2.47. The number of nitrogens with one attached hydrogen (secondary N) is 2. The molecule has 1 saturated heterocycles. The molecule has 166 valence electrons. The number of rotatable bonds is 9. The smallest absolute Gasteiger partial charge is 0.407 e. The zero-order chi connectivity index (χ0) is 21.7. The monoisotopic (exact) mass is 412 g/mol. The first-order chi connectivity index (χ1) is 13.6. The van der Waals surface area contributed by atoms with Crippen LogP contribution in [0.1, 0.15) is 47.5 Å². The van der Waals surface area contributed by atoms with Gasteiger partial charge in [-0.1, -0.05) is 11.6 Å². The number of allylic oxidation sites excluding steroid dienone is 1. The highest BCUT2D eigenvalue weighted by Gasteiger charge is 2.64. The van der Waals surface area contributed by atoms with Gasteiger partial charge in [-0.3, -0.25) is 4.79 Å². The van der Waals surface area contributed by atoms with E-state index in [9.17, 15) is 9.59 Å². The summed E-state index contributed by atoms with van der Waals surface area (Å²) in [6.07, 6.45) is 2.25. The van der Waals surface area contributed by atoms with Crippen LogP contribution in [-0.2, 0) is 23.7 Å². The molecule has 2 fully saturated rings. The molecule has 8 heteroatoms. The van der Waals surface area contributed by atoms with E-state index in [0.29, 0.717) is 32.7 Å². The van der Waals surface area contributed by atoms with Gasteiger partial charge in [0.1, 0.15) is 12.2 Å². The predicted octanol–water partition coefficient (Wildman–Crippen LogP) is 2.17. The van der Waals surface area contributed by atoms with Crippen molar-refractivity contribution in [3.05, 3.63) is 11.6 Å². The fourth-order valence-corrected chi connectivity index (χ4v) is 4.18. The predicted molar refractivity (Wildman–Crippen MR) is 109 cm³/mol. The lowest BCUT2D eigenvalue weighted by Crippen LogP contribution is -2.59. The van der Waals surface area contributed by atoms with E-state index in [4.69, 9.17) is 18.9 Å². The summed E-state index contributed by atoms with van der Waals surface area (Å²) in [7, 11) is 1.64. The van der Waals surface area contributed by atoms with Gasteiger partial charge in [-0.05, 0) is 40.5 Å². The Labute approximate surface area is 173 Å². The first-order valence-corrected chi connectivity index (χ1v) is 10.2. The summed E-state index contributed by atoms with van der Waals surface area (Å²) in [5, 5.41) is 5.29. The van der Waals surface area contributed by atoms with Crippen molar-refractivity contribution < 1.29 is 28.5 Å². The maximum atomic E-state index is 12.2. The average molecular weight is 413 g/mol. The minimum atomic E-state index is -0.521. The van der Waals surface area contributed by atoms with E-state index in [1.54, 1.807) is 7.11 Å². The second-order valence-corrected chi connectivity index (χ2v) is 8.62. The van der Waals surface area contributed by atoms with Crippen molar-refractivity contribution in [2.45, 2.75) is 70.9 Å². The van der Waals surface area contributed by atoms with Crippen LogP contribution in [0.4, 0.5) is 4.79 Å². The summed E-state index contributed by atoms with van der Waals surface area (Å²) in [6, 6.07) is 0. The highest BCUT2D eigenvalue weighted by Crippen LogP contribution is 2.52. The molecule has 3 unspecified atom stereocenters. The molecule has 29 heavy (non-hydrogen) atoms. The Bertz CT molecular complexity index is 610. The van der Waals surface area contributed by atoms with Crippen molar-refractivity contribution in [1.29, 1.82) is 0 Å². The van der Waals surface area contributed by atoms with Crippen LogP contribution in [-0.4, -0.2) is 68.8 Å². The van der Waals surface area contributed by atoms with Crippen LogP contribution < -0.4 is 10.6 Å². The fourth-order valence-electron chi connectivity index (χ4n) is 4.18. The minimum Gasteiger partial charge on any atom is -0.443 e. The molecule has 0 aromatic rings. The Kier molecular flexibility index (Phi) is 8.08. The van der Waals surface area contributed by atoms with Gasteiger partial charge in [0.2, 0.25) is 5.91 Å². The van der Waals surface area contributed by atoms with Gasteiger partial charge in [-0.2, -0.15) is 0 Å². The molecule has 0 aromatic carbocycles. The molecule has 0 radical (unpaired) electrons. The number of carbonyl (C=O) groups is 2. The normalized spacial score (nSPS) is 28.6. The van der Waals surface area contributed by atoms with E-state index in [0.717, 1.165) is 6.42 Å². The zero-order valence-corrected chi connectivity index (χ0v) is 18.5. The standard InChI is InChI=1S/C21H36N2O6/c1-14(2)8-12-27-20(4,5)18-17(26-6)16(7-9-21(18)13-28-21)29-19(25)23-11-10-22-15(3)24/h8,16-18H,7,9-13H2,1-6H3,(H,22,24)(H,23,25)/t16?,17?,18?,21-/m0/s1. The van der Waals surface area contributed by atoms with Gasteiger partial charge in [0.05, 0.1) is 24.4 Å². The Morgan fingerprint density at radius 1 is 1.21 bits per heavy atom. The minimum absolute atomic E-state index is 0.0727. The van der Waals surface area contributed by atoms with E-state index >= 15 is 0 Å². The van der Waals surface area contributed by atoms with Crippen molar-refractivity contribution >= 4 is 12.0 Å². The lowest BCUT2D eigenvalue weighted by molar-refractivity contribution is -0.172. The maximum absolute atomic E-state index is 12.2. The Balaban J connectivity index is 2.02. The molecule has 0 bridgehead atoms. The summed E-state index contributed by atoms with van der Waals surface area (Å²) in [5.74, 6) is -0.212. The molecule has 0 aromatic heterocycles. The molecule has 2 amide bonds. The number of carbonyl (C=O) groups excluding carboxylic acids is 2. The van der Waals surface area contributed by atoms with Gasteiger partial charge >= 0.3 is 6.09 Å². The van der Waals surface area contributed by atoms with Gasteiger partial charge in [0.25, 0.3) is 0 Å². The van der Waals surface area contributed by atoms with Gasteiger partial charge in [0, 0.05) is 33.0 Å². The van der Waals surface area contributed by atoms with Crippen LogP contribution in [0.25, 0.3) is 0 Å². The summed E-state index contributed by atoms with van der Waals surface area (Å²) in [5.41, 5.74) is 0.395. The summed E-state index contributed by atoms with van der Waals surface area (Å²) < 4.78 is 23.6. The Morgan fingerprint density at radius 2 is 1.86 bits per heavy atom. The third kappa shape index (κ3) is 6.42. The van der Waals surface area contributed by atoms with Crippen LogP contribution in [0.2, 0.25) is 0 Å². The molecule has 4 atom stereocenters. The molecule has 1 heterocycles. The summed E-state index contributed by atoms with van der Waals surface area (Å²) in [4.78, 5) is 23.1. The van der Waals surface area contributed by atoms with Crippen LogP contribution in [0.3, 0.4) is 0 Å². The molecule has 2 aliphatic rings. The molecule has 1 aliphatic carbocycles. The molecule has 8 nitrogen and oxygen atoms in total. The molecule has 2 rings (SSSR count). The van der Waals surface area contributed by atoms with Gasteiger partial charge in [-0.15, -0.1) is 0 Å². The first-order valence-electron chi connectivity index (χ1n) is 10.2. The largest absolute Gasteiger partial charge is 0.443 e. The summed E-state index contributed by atoms with van der Waals surface area (Å²) >= 11 is 0. The molecular formula is C21H36N2O6.